The van der Waals surface area contributed by atoms with Crippen LogP contribution in [-0.4, -0.2) is 50.5 Å². The number of aromatic nitrogens is 2. The number of fused-ring (bicyclic) bond motifs is 1. The number of phenolic OH excluding ortho intramolecular Hbond substituents is 1. The van der Waals surface area contributed by atoms with Crippen molar-refractivity contribution >= 4 is 28.5 Å². The molecule has 0 bridgehead atoms. The van der Waals surface area contributed by atoms with E-state index in [1.165, 1.54) is 6.20 Å². The molecule has 1 aliphatic rings. The van der Waals surface area contributed by atoms with Crippen molar-refractivity contribution in [3.05, 3.63) is 54.4 Å². The predicted octanol–water partition coefficient (Wildman–Crippen LogP) is 4.57. The van der Waals surface area contributed by atoms with Gasteiger partial charge in [-0.05, 0) is 57.2 Å². The molecule has 32 heavy (non-hydrogen) atoms. The van der Waals surface area contributed by atoms with Crippen molar-refractivity contribution in [1.82, 2.24) is 14.7 Å². The molecule has 1 atom stereocenters. The van der Waals surface area contributed by atoms with E-state index in [9.17, 15) is 14.7 Å². The number of aromatic hydroxyl groups is 1. The molecule has 8 heteroatoms. The highest BCUT2D eigenvalue weighted by Crippen LogP contribution is 2.28. The highest BCUT2D eigenvalue weighted by atomic mass is 16.6. The first-order chi connectivity index (χ1) is 15.2. The highest BCUT2D eigenvalue weighted by molar-refractivity contribution is 6.09. The van der Waals surface area contributed by atoms with Crippen molar-refractivity contribution < 1.29 is 19.4 Å². The van der Waals surface area contributed by atoms with Gasteiger partial charge in [-0.25, -0.2) is 4.79 Å². The van der Waals surface area contributed by atoms with Crippen molar-refractivity contribution in [3.63, 3.8) is 0 Å². The molecule has 2 N–H and O–H groups in total. The summed E-state index contributed by atoms with van der Waals surface area (Å²) < 4.78 is 7.24. The summed E-state index contributed by atoms with van der Waals surface area (Å²) in [6, 6.07) is 10.6. The van der Waals surface area contributed by atoms with E-state index >= 15 is 0 Å². The molecule has 8 nitrogen and oxygen atoms in total. The van der Waals surface area contributed by atoms with Crippen molar-refractivity contribution in [1.29, 1.82) is 0 Å². The fraction of sp³-hybridized carbons (Fsp3) is 0.375. The number of nitrogens with one attached hydrogen (secondary N) is 1. The summed E-state index contributed by atoms with van der Waals surface area (Å²) in [6.07, 6.45) is 4.62. The monoisotopic (exact) mass is 436 g/mol. The van der Waals surface area contributed by atoms with E-state index in [4.69, 9.17) is 4.74 Å². The molecule has 4 rings (SSSR count). The number of rotatable bonds is 3. The van der Waals surface area contributed by atoms with Crippen LogP contribution in [0.2, 0.25) is 0 Å². The van der Waals surface area contributed by atoms with E-state index in [1.54, 1.807) is 40.0 Å². The first kappa shape index (κ1) is 21.7. The molecular formula is C24H28N4O4. The molecule has 1 saturated heterocycles. The van der Waals surface area contributed by atoms with Crippen LogP contribution in [0.5, 0.6) is 5.75 Å². The van der Waals surface area contributed by atoms with Crippen LogP contribution >= 0.6 is 0 Å². The molecule has 1 unspecified atom stereocenters. The maximum atomic E-state index is 12.9. The van der Waals surface area contributed by atoms with Crippen molar-refractivity contribution in [2.45, 2.75) is 45.3 Å². The van der Waals surface area contributed by atoms with E-state index in [-0.39, 0.29) is 23.8 Å². The Balaban J connectivity index is 1.46. The van der Waals surface area contributed by atoms with Gasteiger partial charge in [0.25, 0.3) is 5.91 Å². The van der Waals surface area contributed by atoms with Crippen LogP contribution in [0.15, 0.2) is 48.8 Å². The zero-order chi connectivity index (χ0) is 22.9. The number of hydrogen-bond acceptors (Lipinski definition) is 5. The molecule has 2 heterocycles. The first-order valence-electron chi connectivity index (χ1n) is 10.7. The lowest BCUT2D eigenvalue weighted by atomic mass is 10.1. The maximum Gasteiger partial charge on any atom is 0.410 e. The average Bonchev–Trinajstić information content (AvgIpc) is 3.24. The third-order valence-corrected chi connectivity index (χ3v) is 5.40. The van der Waals surface area contributed by atoms with E-state index in [0.717, 1.165) is 23.6 Å². The minimum atomic E-state index is -0.542. The maximum absolute atomic E-state index is 12.9. The Kier molecular flexibility index (Phi) is 5.78. The van der Waals surface area contributed by atoms with E-state index < -0.39 is 5.60 Å². The summed E-state index contributed by atoms with van der Waals surface area (Å²) in [5, 5.41) is 18.8. The van der Waals surface area contributed by atoms with Crippen molar-refractivity contribution in [2.24, 2.45) is 0 Å². The van der Waals surface area contributed by atoms with Gasteiger partial charge >= 0.3 is 6.09 Å². The molecular weight excluding hydrogens is 408 g/mol. The molecule has 3 aromatic rings. The van der Waals surface area contributed by atoms with Gasteiger partial charge in [0.2, 0.25) is 0 Å². The number of ether oxygens (including phenoxy) is 1. The van der Waals surface area contributed by atoms with E-state index in [0.29, 0.717) is 24.3 Å². The van der Waals surface area contributed by atoms with Crippen LogP contribution in [0.25, 0.3) is 10.8 Å². The lowest BCUT2D eigenvalue weighted by molar-refractivity contribution is 0.0167. The van der Waals surface area contributed by atoms with Gasteiger partial charge in [-0.1, -0.05) is 18.2 Å². The number of benzene rings is 2. The standard InChI is InChI=1S/C24H28N4O4/c1-24(2,3)32-23(31)27-11-5-7-18(15-27)28-14-17(13-25-28)22(30)26-21-8-4-6-16-9-10-19(29)12-20(16)21/h4,6,8-10,12-14,18,29H,5,7,11,15H2,1-3H3,(H,26,30). The number of likely N-dealkylation sites (tertiary alicyclic amines) is 1. The molecule has 1 aromatic heterocycles. The SMILES string of the molecule is CC(C)(C)OC(=O)N1CCCC(n2cc(C(=O)Nc3cccc4ccc(O)cc34)cn2)C1. The second kappa shape index (κ2) is 8.53. The van der Waals surface area contributed by atoms with Gasteiger partial charge in [0, 0.05) is 30.4 Å². The number of anilines is 1. The van der Waals surface area contributed by atoms with Crippen LogP contribution in [0.4, 0.5) is 10.5 Å². The number of carbonyl (C=O) groups is 2. The van der Waals surface area contributed by atoms with Crippen LogP contribution in [-0.2, 0) is 4.74 Å². The third-order valence-electron chi connectivity index (χ3n) is 5.40. The molecule has 0 radical (unpaired) electrons. The number of piperidine rings is 1. The number of carbonyl (C=O) groups excluding carboxylic acids is 2. The van der Waals surface area contributed by atoms with Gasteiger partial charge < -0.3 is 20.1 Å². The average molecular weight is 437 g/mol. The number of amides is 2. The Morgan fingerprint density at radius 1 is 1.22 bits per heavy atom. The number of phenols is 1. The summed E-state index contributed by atoms with van der Waals surface area (Å²) in [5.41, 5.74) is 0.501. The van der Waals surface area contributed by atoms with E-state index in [2.05, 4.69) is 10.4 Å². The quantitative estimate of drug-likeness (QED) is 0.627. The molecule has 1 fully saturated rings. The second-order valence-electron chi connectivity index (χ2n) is 9.10. The minimum absolute atomic E-state index is 0.0210. The zero-order valence-electron chi connectivity index (χ0n) is 18.5. The van der Waals surface area contributed by atoms with Gasteiger partial charge in [0.05, 0.1) is 17.8 Å². The molecule has 0 spiro atoms. The fourth-order valence-corrected chi connectivity index (χ4v) is 3.88. The zero-order valence-corrected chi connectivity index (χ0v) is 18.5. The predicted molar refractivity (Wildman–Crippen MR) is 122 cm³/mol. The molecule has 2 amide bonds. The van der Waals surface area contributed by atoms with Crippen LogP contribution in [0, 0.1) is 0 Å². The lowest BCUT2D eigenvalue weighted by Crippen LogP contribution is -2.43. The van der Waals surface area contributed by atoms with Gasteiger partial charge in [-0.3, -0.25) is 9.48 Å². The van der Waals surface area contributed by atoms with Gasteiger partial charge in [0.15, 0.2) is 0 Å². The summed E-state index contributed by atoms with van der Waals surface area (Å²) >= 11 is 0. The Morgan fingerprint density at radius 3 is 2.81 bits per heavy atom. The molecule has 0 aliphatic carbocycles. The Labute approximate surface area is 186 Å². The number of hydrogen-bond donors (Lipinski definition) is 2. The lowest BCUT2D eigenvalue weighted by Gasteiger charge is -2.34. The summed E-state index contributed by atoms with van der Waals surface area (Å²) in [6.45, 7) is 6.68. The normalized spacial score (nSPS) is 16.7. The molecule has 1 aliphatic heterocycles. The van der Waals surface area contributed by atoms with Gasteiger partial charge in [0.1, 0.15) is 11.4 Å². The topological polar surface area (TPSA) is 96.7 Å². The highest BCUT2D eigenvalue weighted by Gasteiger charge is 2.29. The summed E-state index contributed by atoms with van der Waals surface area (Å²) in [4.78, 5) is 27.0. The van der Waals surface area contributed by atoms with Crippen molar-refractivity contribution in [3.8, 4) is 5.75 Å². The number of nitrogens with zero attached hydrogens (tertiary/aromatic N) is 3. The Bertz CT molecular complexity index is 1150. The molecule has 0 saturated carbocycles. The summed E-state index contributed by atoms with van der Waals surface area (Å²) in [7, 11) is 0. The van der Waals surface area contributed by atoms with Crippen LogP contribution < -0.4 is 5.32 Å². The largest absolute Gasteiger partial charge is 0.508 e. The fourth-order valence-electron chi connectivity index (χ4n) is 3.88. The minimum Gasteiger partial charge on any atom is -0.508 e. The molecule has 168 valence electrons. The smallest absolute Gasteiger partial charge is 0.410 e. The van der Waals surface area contributed by atoms with Crippen LogP contribution in [0.3, 0.4) is 0 Å². The third kappa shape index (κ3) is 4.85. The van der Waals surface area contributed by atoms with Gasteiger partial charge in [-0.2, -0.15) is 5.10 Å². The van der Waals surface area contributed by atoms with Crippen LogP contribution in [0.1, 0.15) is 50.0 Å². The van der Waals surface area contributed by atoms with Crippen molar-refractivity contribution in [2.75, 3.05) is 18.4 Å². The molecule has 2 aromatic carbocycles. The Hall–Kier alpha value is -3.55. The Morgan fingerprint density at radius 2 is 2.03 bits per heavy atom. The first-order valence-corrected chi connectivity index (χ1v) is 10.7. The summed E-state index contributed by atoms with van der Waals surface area (Å²) in [5.74, 6) is -0.147. The van der Waals surface area contributed by atoms with Gasteiger partial charge in [-0.15, -0.1) is 0 Å². The second-order valence-corrected chi connectivity index (χ2v) is 9.10. The van der Waals surface area contributed by atoms with E-state index in [1.807, 2.05) is 32.9 Å².